The van der Waals surface area contributed by atoms with Crippen molar-refractivity contribution in [3.63, 3.8) is 0 Å². The van der Waals surface area contributed by atoms with Gasteiger partial charge in [-0.05, 0) is 20.3 Å². The molecule has 0 heterocycles. The van der Waals surface area contributed by atoms with Crippen molar-refractivity contribution in [3.05, 3.63) is 7.05 Å². The predicted molar refractivity (Wildman–Crippen MR) is 37.5 cm³/mol. The van der Waals surface area contributed by atoms with E-state index >= 15 is 0 Å². The van der Waals surface area contributed by atoms with Crippen LogP contribution in [0.15, 0.2) is 0 Å². The monoisotopic (exact) mass is 114 g/mol. The van der Waals surface area contributed by atoms with Crippen molar-refractivity contribution in [1.82, 2.24) is 5.32 Å². The highest BCUT2D eigenvalue weighted by molar-refractivity contribution is 4.75. The van der Waals surface area contributed by atoms with Crippen molar-refractivity contribution in [2.24, 2.45) is 0 Å². The molecule has 0 unspecified atom stereocenters. The van der Waals surface area contributed by atoms with Crippen LogP contribution in [0.5, 0.6) is 0 Å². The summed E-state index contributed by atoms with van der Waals surface area (Å²) in [6.07, 6.45) is 2.41. The van der Waals surface area contributed by atoms with Gasteiger partial charge in [0, 0.05) is 12.6 Å². The Labute approximate surface area is 52.5 Å². The molecule has 0 aliphatic carbocycles. The van der Waals surface area contributed by atoms with Gasteiger partial charge in [-0.25, -0.2) is 0 Å². The van der Waals surface area contributed by atoms with E-state index in [1.165, 1.54) is 12.8 Å². The quantitative estimate of drug-likeness (QED) is 0.591. The summed E-state index contributed by atoms with van der Waals surface area (Å²) in [6, 6.07) is 0. The normalized spacial score (nSPS) is 12.0. The second-order valence-corrected chi connectivity index (χ2v) is 2.81. The summed E-state index contributed by atoms with van der Waals surface area (Å²) in [5, 5.41) is 2.99. The van der Waals surface area contributed by atoms with E-state index in [1.54, 1.807) is 0 Å². The van der Waals surface area contributed by atoms with Crippen LogP contribution in [0.25, 0.3) is 0 Å². The molecule has 1 heteroatoms. The first kappa shape index (κ1) is 7.96. The molecule has 1 nitrogen and oxygen atoms in total. The summed E-state index contributed by atoms with van der Waals surface area (Å²) < 4.78 is 0. The van der Waals surface area contributed by atoms with Crippen LogP contribution in [0.4, 0.5) is 0 Å². The van der Waals surface area contributed by atoms with Crippen molar-refractivity contribution in [3.8, 4) is 0 Å². The van der Waals surface area contributed by atoms with Gasteiger partial charge in [-0.15, -0.1) is 0 Å². The maximum absolute atomic E-state index is 3.63. The number of rotatable bonds is 3. The van der Waals surface area contributed by atoms with Crippen molar-refractivity contribution in [2.45, 2.75) is 39.2 Å². The van der Waals surface area contributed by atoms with Crippen molar-refractivity contribution < 1.29 is 0 Å². The third-order valence-corrected chi connectivity index (χ3v) is 1.35. The fourth-order valence-corrected chi connectivity index (χ4v) is 0.713. The fourth-order valence-electron chi connectivity index (χ4n) is 0.713. The fraction of sp³-hybridized carbons (Fsp3) is 0.857. The molecule has 0 bridgehead atoms. The van der Waals surface area contributed by atoms with E-state index in [2.05, 4.69) is 33.1 Å². The SMILES string of the molecule is [CH2]NC(C)(C)CCC. The molecule has 8 heavy (non-hydrogen) atoms. The third kappa shape index (κ3) is 3.03. The average Bonchev–Trinajstić information content (AvgIpc) is 1.67. The number of nitrogens with one attached hydrogen (secondary N) is 1. The molecular weight excluding hydrogens is 98.1 g/mol. The topological polar surface area (TPSA) is 12.0 Å². The first-order valence-electron chi connectivity index (χ1n) is 3.16. The van der Waals surface area contributed by atoms with Crippen molar-refractivity contribution in [1.29, 1.82) is 0 Å². The minimum absolute atomic E-state index is 0.231. The molecule has 0 aromatic heterocycles. The van der Waals surface area contributed by atoms with Crippen LogP contribution >= 0.6 is 0 Å². The van der Waals surface area contributed by atoms with Gasteiger partial charge >= 0.3 is 0 Å². The molecule has 1 radical (unpaired) electrons. The van der Waals surface area contributed by atoms with Gasteiger partial charge in [0.15, 0.2) is 0 Å². The second-order valence-electron chi connectivity index (χ2n) is 2.81. The second kappa shape index (κ2) is 3.08. The van der Waals surface area contributed by atoms with Crippen LogP contribution in [0.1, 0.15) is 33.6 Å². The zero-order chi connectivity index (χ0) is 6.62. The van der Waals surface area contributed by atoms with Crippen LogP contribution in [-0.2, 0) is 0 Å². The maximum atomic E-state index is 3.63. The largest absolute Gasteiger partial charge is 0.311 e. The lowest BCUT2D eigenvalue weighted by molar-refractivity contribution is 0.403. The van der Waals surface area contributed by atoms with Gasteiger partial charge in [-0.3, -0.25) is 0 Å². The van der Waals surface area contributed by atoms with Gasteiger partial charge in [0.2, 0.25) is 0 Å². The van der Waals surface area contributed by atoms with Crippen LogP contribution in [0.2, 0.25) is 0 Å². The Morgan fingerprint density at radius 1 is 1.50 bits per heavy atom. The van der Waals surface area contributed by atoms with E-state index in [4.69, 9.17) is 0 Å². The van der Waals surface area contributed by atoms with Crippen molar-refractivity contribution >= 4 is 0 Å². The van der Waals surface area contributed by atoms with Gasteiger partial charge in [0.05, 0.1) is 0 Å². The van der Waals surface area contributed by atoms with Crippen LogP contribution in [-0.4, -0.2) is 5.54 Å². The molecule has 0 saturated heterocycles. The molecule has 0 rings (SSSR count). The van der Waals surface area contributed by atoms with Crippen LogP contribution in [0.3, 0.4) is 0 Å². The Balaban J connectivity index is 3.37. The smallest absolute Gasteiger partial charge is 0.0125 e. The molecule has 0 saturated carbocycles. The van der Waals surface area contributed by atoms with Gasteiger partial charge < -0.3 is 5.32 Å². The molecular formula is C7H16N. The molecule has 0 aromatic carbocycles. The van der Waals surface area contributed by atoms with Gasteiger partial charge in [0.1, 0.15) is 0 Å². The molecule has 0 aliphatic rings. The summed E-state index contributed by atoms with van der Waals surface area (Å²) in [4.78, 5) is 0. The lowest BCUT2D eigenvalue weighted by atomic mass is 10.00. The van der Waals surface area contributed by atoms with Crippen molar-refractivity contribution in [2.75, 3.05) is 0 Å². The zero-order valence-electron chi connectivity index (χ0n) is 6.12. The summed E-state index contributed by atoms with van der Waals surface area (Å²) in [7, 11) is 3.63. The van der Waals surface area contributed by atoms with Crippen LogP contribution in [0, 0.1) is 7.05 Å². The minimum atomic E-state index is 0.231. The zero-order valence-corrected chi connectivity index (χ0v) is 6.12. The maximum Gasteiger partial charge on any atom is 0.0125 e. The molecule has 0 spiro atoms. The highest BCUT2D eigenvalue weighted by atomic mass is 14.9. The van der Waals surface area contributed by atoms with Gasteiger partial charge in [-0.2, -0.15) is 0 Å². The standard InChI is InChI=1S/C7H16N/c1-5-6-7(2,3)8-4/h8H,4-6H2,1-3H3. The van der Waals surface area contributed by atoms with E-state index in [0.717, 1.165) is 0 Å². The first-order valence-corrected chi connectivity index (χ1v) is 3.16. The highest BCUT2D eigenvalue weighted by Gasteiger charge is 2.11. The molecule has 49 valence electrons. The summed E-state index contributed by atoms with van der Waals surface area (Å²) in [5.41, 5.74) is 0.231. The van der Waals surface area contributed by atoms with Gasteiger partial charge in [-0.1, -0.05) is 13.3 Å². The Hall–Kier alpha value is -0.0400. The summed E-state index contributed by atoms with van der Waals surface area (Å²) in [5.74, 6) is 0. The summed E-state index contributed by atoms with van der Waals surface area (Å²) >= 11 is 0. The van der Waals surface area contributed by atoms with Crippen LogP contribution < -0.4 is 5.32 Å². The van der Waals surface area contributed by atoms with E-state index < -0.39 is 0 Å². The molecule has 0 fully saturated rings. The minimum Gasteiger partial charge on any atom is -0.311 e. The number of hydrogen-bond donors (Lipinski definition) is 1. The lowest BCUT2D eigenvalue weighted by Gasteiger charge is -2.22. The Morgan fingerprint density at radius 2 is 2.00 bits per heavy atom. The van der Waals surface area contributed by atoms with E-state index in [-0.39, 0.29) is 5.54 Å². The molecule has 1 N–H and O–H groups in total. The van der Waals surface area contributed by atoms with E-state index in [0.29, 0.717) is 0 Å². The molecule has 0 aromatic rings. The number of hydrogen-bond acceptors (Lipinski definition) is 1. The average molecular weight is 114 g/mol. The summed E-state index contributed by atoms with van der Waals surface area (Å²) in [6.45, 7) is 6.49. The van der Waals surface area contributed by atoms with Gasteiger partial charge in [0.25, 0.3) is 0 Å². The molecule has 0 aliphatic heterocycles. The third-order valence-electron chi connectivity index (χ3n) is 1.35. The molecule has 0 atom stereocenters. The lowest BCUT2D eigenvalue weighted by Crippen LogP contribution is -2.33. The highest BCUT2D eigenvalue weighted by Crippen LogP contribution is 2.08. The Morgan fingerprint density at radius 3 is 2.12 bits per heavy atom. The first-order chi connectivity index (χ1) is 3.62. The predicted octanol–water partition coefficient (Wildman–Crippen LogP) is 1.95. The Kier molecular flexibility index (Phi) is 3.06. The van der Waals surface area contributed by atoms with E-state index in [9.17, 15) is 0 Å². The molecule has 0 amide bonds. The Bertz CT molecular complexity index is 57.4. The van der Waals surface area contributed by atoms with E-state index in [1.807, 2.05) is 0 Å².